The number of rotatable bonds is 4. The molecule has 0 aliphatic carbocycles. The lowest BCUT2D eigenvalue weighted by Crippen LogP contribution is -2.22. The lowest BCUT2D eigenvalue weighted by atomic mass is 10.1. The Kier molecular flexibility index (Phi) is 5.44. The second-order valence-corrected chi connectivity index (χ2v) is 11.7. The molecule has 0 spiro atoms. The number of hydrogen-bond acceptors (Lipinski definition) is 2. The predicted molar refractivity (Wildman–Crippen MR) is 150 cm³/mol. The van der Waals surface area contributed by atoms with Gasteiger partial charge in [0.05, 0.1) is 22.4 Å². The fourth-order valence-electron chi connectivity index (χ4n) is 4.48. The summed E-state index contributed by atoms with van der Waals surface area (Å²) in [6.45, 7) is 0. The number of halogens is 2. The van der Waals surface area contributed by atoms with Gasteiger partial charge in [0.2, 0.25) is 0 Å². The van der Waals surface area contributed by atoms with Crippen molar-refractivity contribution in [3.63, 3.8) is 0 Å². The fraction of sp³-hybridized carbons (Fsp3) is 0. The zero-order chi connectivity index (χ0) is 24.2. The highest BCUT2D eigenvalue weighted by atomic mass is 79.9. The molecule has 0 fully saturated rings. The minimum absolute atomic E-state index is 0.609. The van der Waals surface area contributed by atoms with Crippen LogP contribution in [0.2, 0.25) is 0 Å². The Morgan fingerprint density at radius 1 is 0.514 bits per heavy atom. The largest absolute Gasteiger partial charge is 0.335 e. The topological polar surface area (TPSA) is 44.0 Å². The lowest BCUT2D eigenvalue weighted by molar-refractivity contribution is 0.583. The Morgan fingerprint density at radius 3 is 1.29 bits per heavy atom. The lowest BCUT2D eigenvalue weighted by Gasteiger charge is -2.17. The maximum absolute atomic E-state index is 14.6. The molecule has 0 N–H and O–H groups in total. The van der Waals surface area contributed by atoms with Crippen LogP contribution in [0.1, 0.15) is 0 Å². The molecule has 0 aliphatic heterocycles. The highest BCUT2D eigenvalue weighted by molar-refractivity contribution is 9.10. The number of nitrogens with zero attached hydrogens (tertiary/aromatic N) is 2. The van der Waals surface area contributed by atoms with Crippen molar-refractivity contribution in [1.29, 1.82) is 0 Å². The van der Waals surface area contributed by atoms with Crippen LogP contribution in [0.3, 0.4) is 0 Å². The summed E-state index contributed by atoms with van der Waals surface area (Å²) in [5.41, 5.74) is 4.11. The van der Waals surface area contributed by atoms with Crippen LogP contribution in [0.25, 0.3) is 44.3 Å². The molecule has 2 aromatic heterocycles. The molecule has 0 saturated heterocycles. The van der Waals surface area contributed by atoms with E-state index in [0.29, 0.717) is 22.4 Å². The number of hydrogen-bond donors (Lipinski definition) is 0. The van der Waals surface area contributed by atoms with Gasteiger partial charge in [0.15, 0.2) is 0 Å². The van der Waals surface area contributed by atoms with Crippen molar-refractivity contribution >= 4 is 63.9 Å². The normalized spacial score (nSPS) is 11.9. The Bertz CT molecular complexity index is 1690. The molecule has 6 aromatic rings. The van der Waals surface area contributed by atoms with Crippen molar-refractivity contribution in [2.75, 3.05) is 0 Å². The second kappa shape index (κ2) is 8.52. The van der Waals surface area contributed by atoms with Gasteiger partial charge >= 0.3 is 10.2 Å². The molecule has 172 valence electrons. The quantitative estimate of drug-likeness (QED) is 0.204. The number of benzene rings is 4. The number of para-hydroxylation sites is 2. The van der Waals surface area contributed by atoms with Gasteiger partial charge < -0.3 is 0 Å². The van der Waals surface area contributed by atoms with E-state index in [1.165, 1.54) is 7.94 Å². The number of fused-ring (bicyclic) bond motifs is 2. The second-order valence-electron chi connectivity index (χ2n) is 8.23. The van der Waals surface area contributed by atoms with E-state index in [2.05, 4.69) is 31.9 Å². The third-order valence-corrected chi connectivity index (χ3v) is 8.84. The molecule has 7 heteroatoms. The van der Waals surface area contributed by atoms with Gasteiger partial charge in [-0.05, 0) is 59.7 Å². The predicted octanol–water partition coefficient (Wildman–Crippen LogP) is 8.10. The molecule has 0 unspecified atom stereocenters. The third kappa shape index (κ3) is 3.75. The summed E-state index contributed by atoms with van der Waals surface area (Å²) in [5, 5.41) is 1.71. The van der Waals surface area contributed by atoms with Crippen LogP contribution in [-0.4, -0.2) is 16.4 Å². The first-order valence-electron chi connectivity index (χ1n) is 10.9. The van der Waals surface area contributed by atoms with E-state index >= 15 is 0 Å². The summed E-state index contributed by atoms with van der Waals surface area (Å²) in [7, 11) is -4.07. The molecule has 2 heterocycles. The first-order valence-corrected chi connectivity index (χ1v) is 13.9. The molecule has 0 saturated carbocycles. The van der Waals surface area contributed by atoms with Gasteiger partial charge in [-0.15, -0.1) is 0 Å². The van der Waals surface area contributed by atoms with E-state index < -0.39 is 10.2 Å². The minimum atomic E-state index is -4.07. The van der Waals surface area contributed by atoms with E-state index in [-0.39, 0.29) is 0 Å². The van der Waals surface area contributed by atoms with Crippen LogP contribution in [0.4, 0.5) is 0 Å². The van der Waals surface area contributed by atoms with Crippen molar-refractivity contribution in [1.82, 2.24) is 7.94 Å². The van der Waals surface area contributed by atoms with Crippen LogP contribution in [-0.2, 0) is 10.2 Å². The zero-order valence-corrected chi connectivity index (χ0v) is 22.3. The van der Waals surface area contributed by atoms with Gasteiger partial charge in [0, 0.05) is 19.7 Å². The zero-order valence-electron chi connectivity index (χ0n) is 18.3. The van der Waals surface area contributed by atoms with E-state index in [1.807, 2.05) is 109 Å². The maximum Gasteiger partial charge on any atom is 0.335 e. The third-order valence-electron chi connectivity index (χ3n) is 6.07. The SMILES string of the molecule is O=S(=O)(n1c(-c2ccc(Br)cc2)cc2ccccc21)n1c(-c2ccc(Br)cc2)cc2ccccc21. The number of aromatic nitrogens is 2. The van der Waals surface area contributed by atoms with Gasteiger partial charge in [-0.1, -0.05) is 92.5 Å². The molecule has 35 heavy (non-hydrogen) atoms. The van der Waals surface area contributed by atoms with E-state index in [1.54, 1.807) is 0 Å². The first-order chi connectivity index (χ1) is 16.9. The Morgan fingerprint density at radius 2 is 0.886 bits per heavy atom. The Labute approximate surface area is 219 Å². The van der Waals surface area contributed by atoms with E-state index in [4.69, 9.17) is 0 Å². The summed E-state index contributed by atoms with van der Waals surface area (Å²) in [5.74, 6) is 0. The molecular formula is C28H18Br2N2O2S. The summed E-state index contributed by atoms with van der Waals surface area (Å²) >= 11 is 6.95. The van der Waals surface area contributed by atoms with Crippen LogP contribution in [0.5, 0.6) is 0 Å². The van der Waals surface area contributed by atoms with Crippen LogP contribution in [0, 0.1) is 0 Å². The van der Waals surface area contributed by atoms with Gasteiger partial charge in [-0.25, -0.2) is 7.94 Å². The van der Waals surface area contributed by atoms with E-state index in [0.717, 1.165) is 30.8 Å². The molecular weight excluding hydrogens is 588 g/mol. The molecule has 0 atom stereocenters. The molecule has 0 bridgehead atoms. The van der Waals surface area contributed by atoms with Gasteiger partial charge in [0.25, 0.3) is 0 Å². The Balaban J connectivity index is 1.70. The van der Waals surface area contributed by atoms with Crippen molar-refractivity contribution in [3.8, 4) is 22.5 Å². The van der Waals surface area contributed by atoms with Crippen LogP contribution < -0.4 is 0 Å². The van der Waals surface area contributed by atoms with Crippen molar-refractivity contribution < 1.29 is 8.42 Å². The average Bonchev–Trinajstić information content (AvgIpc) is 3.45. The summed E-state index contributed by atoms with van der Waals surface area (Å²) in [6, 6.07) is 34.4. The maximum atomic E-state index is 14.6. The van der Waals surface area contributed by atoms with Crippen molar-refractivity contribution in [3.05, 3.63) is 118 Å². The fourth-order valence-corrected chi connectivity index (χ4v) is 6.82. The van der Waals surface area contributed by atoms with E-state index in [9.17, 15) is 8.42 Å². The highest BCUT2D eigenvalue weighted by Gasteiger charge is 2.28. The Hall–Kier alpha value is -3.13. The molecule has 4 nitrogen and oxygen atoms in total. The monoisotopic (exact) mass is 604 g/mol. The summed E-state index contributed by atoms with van der Waals surface area (Å²) in [4.78, 5) is 0. The minimum Gasteiger partial charge on any atom is -0.220 e. The van der Waals surface area contributed by atoms with Crippen molar-refractivity contribution in [2.24, 2.45) is 0 Å². The van der Waals surface area contributed by atoms with Gasteiger partial charge in [-0.2, -0.15) is 8.42 Å². The van der Waals surface area contributed by atoms with Crippen LogP contribution >= 0.6 is 31.9 Å². The molecule has 0 amide bonds. The summed E-state index contributed by atoms with van der Waals surface area (Å²) < 4.78 is 34.0. The average molecular weight is 606 g/mol. The standard InChI is InChI=1S/C28H18Br2N2O2S/c29-23-13-9-19(10-14-23)27-17-21-5-1-3-7-25(21)31(27)35(33,34)32-26-8-4-2-6-22(26)18-28(32)20-11-15-24(30)16-12-20/h1-18H. The summed E-state index contributed by atoms with van der Waals surface area (Å²) in [6.07, 6.45) is 0. The van der Waals surface area contributed by atoms with Gasteiger partial charge in [0.1, 0.15) is 0 Å². The molecule has 0 aliphatic rings. The van der Waals surface area contributed by atoms with Gasteiger partial charge in [-0.3, -0.25) is 0 Å². The molecule has 4 aromatic carbocycles. The molecule has 6 rings (SSSR count). The molecule has 0 radical (unpaired) electrons. The first kappa shape index (κ1) is 22.3. The smallest absolute Gasteiger partial charge is 0.220 e. The van der Waals surface area contributed by atoms with Crippen LogP contribution in [0.15, 0.2) is 118 Å². The van der Waals surface area contributed by atoms with Crippen molar-refractivity contribution in [2.45, 2.75) is 0 Å². The highest BCUT2D eigenvalue weighted by Crippen LogP contribution is 2.36.